The summed E-state index contributed by atoms with van der Waals surface area (Å²) in [5.74, 6) is 5.81. The number of ether oxygens (including phenoxy) is 1. The van der Waals surface area contributed by atoms with E-state index in [0.717, 1.165) is 25.0 Å². The second-order valence-corrected chi connectivity index (χ2v) is 5.56. The Balaban J connectivity index is 2.09. The molecule has 0 bridgehead atoms. The van der Waals surface area contributed by atoms with Crippen molar-refractivity contribution in [1.82, 2.24) is 4.90 Å². The van der Waals surface area contributed by atoms with E-state index in [1.807, 2.05) is 23.3 Å². The van der Waals surface area contributed by atoms with Crippen LogP contribution >= 0.6 is 11.3 Å². The van der Waals surface area contributed by atoms with Crippen molar-refractivity contribution in [2.75, 3.05) is 26.2 Å². The van der Waals surface area contributed by atoms with Gasteiger partial charge < -0.3 is 15.4 Å². The van der Waals surface area contributed by atoms with Gasteiger partial charge in [-0.2, -0.15) is 0 Å². The van der Waals surface area contributed by atoms with E-state index in [9.17, 15) is 4.79 Å². The number of carbonyl (C=O) groups is 1. The van der Waals surface area contributed by atoms with E-state index in [2.05, 4.69) is 11.8 Å². The molecule has 1 atom stereocenters. The van der Waals surface area contributed by atoms with Gasteiger partial charge in [0.25, 0.3) is 5.91 Å². The van der Waals surface area contributed by atoms with Crippen LogP contribution in [-0.2, 0) is 4.74 Å². The van der Waals surface area contributed by atoms with Crippen LogP contribution in [0, 0.1) is 11.8 Å². The van der Waals surface area contributed by atoms with Gasteiger partial charge in [0, 0.05) is 25.3 Å². The van der Waals surface area contributed by atoms with E-state index in [1.54, 1.807) is 0 Å². The lowest BCUT2D eigenvalue weighted by Crippen LogP contribution is -2.37. The van der Waals surface area contributed by atoms with E-state index in [4.69, 9.17) is 10.5 Å². The molecule has 0 saturated carbocycles. The minimum absolute atomic E-state index is 0.0410. The summed E-state index contributed by atoms with van der Waals surface area (Å²) in [6.07, 6.45) is 2.30. The van der Waals surface area contributed by atoms with Crippen LogP contribution in [0.15, 0.2) is 11.4 Å². The number of carbonyl (C=O) groups excluding carboxylic acids is 1. The Kier molecular flexibility index (Phi) is 5.60. The maximum absolute atomic E-state index is 12.6. The van der Waals surface area contributed by atoms with Gasteiger partial charge in [0.1, 0.15) is 4.88 Å². The summed E-state index contributed by atoms with van der Waals surface area (Å²) in [4.78, 5) is 15.1. The third kappa shape index (κ3) is 3.60. The second-order valence-electron chi connectivity index (χ2n) is 4.65. The number of hydrogen-bond acceptors (Lipinski definition) is 4. The minimum Gasteiger partial charge on any atom is -0.376 e. The number of thiophene rings is 1. The quantitative estimate of drug-likeness (QED) is 0.859. The molecule has 2 N–H and O–H groups in total. The molecule has 0 radical (unpaired) electrons. The van der Waals surface area contributed by atoms with Crippen molar-refractivity contribution >= 4 is 17.2 Å². The lowest BCUT2D eigenvalue weighted by atomic mass is 10.2. The molecule has 1 aliphatic heterocycles. The van der Waals surface area contributed by atoms with Crippen molar-refractivity contribution in [3.8, 4) is 11.8 Å². The fourth-order valence-corrected chi connectivity index (χ4v) is 3.07. The highest BCUT2D eigenvalue weighted by atomic mass is 32.1. The summed E-state index contributed by atoms with van der Waals surface area (Å²) in [7, 11) is 0. The number of nitrogens with zero attached hydrogens (tertiary/aromatic N) is 1. The second kappa shape index (κ2) is 7.44. The molecule has 5 heteroatoms. The van der Waals surface area contributed by atoms with E-state index >= 15 is 0 Å². The van der Waals surface area contributed by atoms with Crippen LogP contribution < -0.4 is 5.73 Å². The van der Waals surface area contributed by atoms with Crippen molar-refractivity contribution in [1.29, 1.82) is 0 Å². The molecule has 0 aromatic carbocycles. The number of rotatable bonds is 4. The zero-order chi connectivity index (χ0) is 14.4. The lowest BCUT2D eigenvalue weighted by Gasteiger charge is -2.23. The molecular formula is C15H20N2O2S. The molecule has 1 aliphatic rings. The Hall–Kier alpha value is -1.35. The molecule has 0 aliphatic carbocycles. The van der Waals surface area contributed by atoms with Gasteiger partial charge in [0.05, 0.1) is 12.6 Å². The van der Waals surface area contributed by atoms with Gasteiger partial charge in [-0.1, -0.05) is 11.8 Å². The van der Waals surface area contributed by atoms with Crippen molar-refractivity contribution in [3.63, 3.8) is 0 Å². The normalized spacial score (nSPS) is 17.6. The highest BCUT2D eigenvalue weighted by Crippen LogP contribution is 2.20. The monoisotopic (exact) mass is 292 g/mol. The minimum atomic E-state index is 0.0410. The fourth-order valence-electron chi connectivity index (χ4n) is 2.25. The third-order valence-corrected chi connectivity index (χ3v) is 4.20. The van der Waals surface area contributed by atoms with Crippen LogP contribution in [0.4, 0.5) is 0 Å². The smallest absolute Gasteiger partial charge is 0.265 e. The Morgan fingerprint density at radius 3 is 3.15 bits per heavy atom. The summed E-state index contributed by atoms with van der Waals surface area (Å²) in [6, 6.07) is 1.88. The average Bonchev–Trinajstić information content (AvgIpc) is 3.12. The molecule has 4 nitrogen and oxygen atoms in total. The Morgan fingerprint density at radius 1 is 1.65 bits per heavy atom. The van der Waals surface area contributed by atoms with E-state index < -0.39 is 0 Å². The average molecular weight is 292 g/mol. The highest BCUT2D eigenvalue weighted by molar-refractivity contribution is 7.12. The number of amides is 1. The topological polar surface area (TPSA) is 55.6 Å². The van der Waals surface area contributed by atoms with Crippen molar-refractivity contribution in [2.45, 2.75) is 25.9 Å². The molecule has 1 saturated heterocycles. The van der Waals surface area contributed by atoms with Crippen LogP contribution in [0.3, 0.4) is 0 Å². The summed E-state index contributed by atoms with van der Waals surface area (Å²) in [5, 5.41) is 1.90. The van der Waals surface area contributed by atoms with E-state index in [-0.39, 0.29) is 12.0 Å². The summed E-state index contributed by atoms with van der Waals surface area (Å²) in [6.45, 7) is 4.45. The van der Waals surface area contributed by atoms with Crippen molar-refractivity contribution in [3.05, 3.63) is 21.9 Å². The standard InChI is InChI=1S/C15H20N2O2S/c1-2-17(11-13-6-4-9-19-13)15(18)14-12(5-3-8-16)7-10-20-14/h7,10,13H,2,4,6,8-9,11,16H2,1H3. The van der Waals surface area contributed by atoms with Gasteiger partial charge in [-0.3, -0.25) is 4.79 Å². The molecule has 2 rings (SSSR count). The van der Waals surface area contributed by atoms with Gasteiger partial charge in [0.2, 0.25) is 0 Å². The van der Waals surface area contributed by atoms with Crippen LogP contribution in [0.1, 0.15) is 35.0 Å². The van der Waals surface area contributed by atoms with E-state index in [1.165, 1.54) is 11.3 Å². The SMILES string of the molecule is CCN(CC1CCCO1)C(=O)c1sccc1C#CCN. The van der Waals surface area contributed by atoms with Crippen molar-refractivity contribution in [2.24, 2.45) is 5.73 Å². The van der Waals surface area contributed by atoms with Gasteiger partial charge in [0.15, 0.2) is 0 Å². The van der Waals surface area contributed by atoms with Gasteiger partial charge >= 0.3 is 0 Å². The predicted molar refractivity (Wildman–Crippen MR) is 80.8 cm³/mol. The first kappa shape index (κ1) is 15.0. The third-order valence-electron chi connectivity index (χ3n) is 3.30. The number of hydrogen-bond donors (Lipinski definition) is 1. The van der Waals surface area contributed by atoms with E-state index in [0.29, 0.717) is 24.5 Å². The van der Waals surface area contributed by atoms with Gasteiger partial charge in [-0.05, 0) is 31.2 Å². The molecule has 20 heavy (non-hydrogen) atoms. The summed E-state index contributed by atoms with van der Waals surface area (Å²) < 4.78 is 5.61. The maximum atomic E-state index is 12.6. The summed E-state index contributed by atoms with van der Waals surface area (Å²) in [5.41, 5.74) is 6.16. The highest BCUT2D eigenvalue weighted by Gasteiger charge is 2.24. The zero-order valence-corrected chi connectivity index (χ0v) is 12.5. The van der Waals surface area contributed by atoms with Gasteiger partial charge in [-0.25, -0.2) is 0 Å². The first-order chi connectivity index (χ1) is 9.76. The summed E-state index contributed by atoms with van der Waals surface area (Å²) >= 11 is 1.43. The van der Waals surface area contributed by atoms with Crippen LogP contribution in [0.25, 0.3) is 0 Å². The number of nitrogens with two attached hydrogens (primary N) is 1. The van der Waals surface area contributed by atoms with Crippen LogP contribution in [0.2, 0.25) is 0 Å². The fraction of sp³-hybridized carbons (Fsp3) is 0.533. The molecule has 1 amide bonds. The largest absolute Gasteiger partial charge is 0.376 e. The molecule has 1 fully saturated rings. The maximum Gasteiger partial charge on any atom is 0.265 e. The first-order valence-electron chi connectivity index (χ1n) is 6.93. The Morgan fingerprint density at radius 2 is 2.50 bits per heavy atom. The van der Waals surface area contributed by atoms with Crippen LogP contribution in [-0.4, -0.2) is 43.2 Å². The Bertz CT molecular complexity index is 509. The molecule has 1 aromatic heterocycles. The molecule has 1 unspecified atom stereocenters. The lowest BCUT2D eigenvalue weighted by molar-refractivity contribution is 0.0542. The Labute approximate surface area is 123 Å². The van der Waals surface area contributed by atoms with Crippen LogP contribution in [0.5, 0.6) is 0 Å². The molecule has 2 heterocycles. The first-order valence-corrected chi connectivity index (χ1v) is 7.81. The molecule has 0 spiro atoms. The van der Waals surface area contributed by atoms with Gasteiger partial charge in [-0.15, -0.1) is 11.3 Å². The zero-order valence-electron chi connectivity index (χ0n) is 11.7. The molecule has 108 valence electrons. The molecular weight excluding hydrogens is 272 g/mol. The molecule has 1 aromatic rings. The predicted octanol–water partition coefficient (Wildman–Crippen LogP) is 1.70. The number of likely N-dealkylation sites (N-methyl/N-ethyl adjacent to an activating group) is 1. The van der Waals surface area contributed by atoms with Crippen molar-refractivity contribution < 1.29 is 9.53 Å².